The first-order valence-corrected chi connectivity index (χ1v) is 9.39. The molecule has 1 aliphatic heterocycles. The van der Waals surface area contributed by atoms with Crippen LogP contribution in [0.15, 0.2) is 53.1 Å². The summed E-state index contributed by atoms with van der Waals surface area (Å²) in [7, 11) is 0. The van der Waals surface area contributed by atoms with Crippen LogP contribution < -0.4 is 5.73 Å². The van der Waals surface area contributed by atoms with Crippen LogP contribution in [-0.2, 0) is 4.79 Å². The minimum Gasteiger partial charge on any atom is -0.463 e. The molecule has 0 saturated carbocycles. The van der Waals surface area contributed by atoms with E-state index in [1.165, 1.54) is 0 Å². The zero-order valence-electron chi connectivity index (χ0n) is 15.0. The van der Waals surface area contributed by atoms with Crippen molar-refractivity contribution in [2.45, 2.75) is 12.8 Å². The highest BCUT2D eigenvalue weighted by molar-refractivity contribution is 6.30. The zero-order valence-corrected chi connectivity index (χ0v) is 15.8. The van der Waals surface area contributed by atoms with Gasteiger partial charge in [0.15, 0.2) is 11.5 Å². The number of piperidine rings is 1. The molecule has 0 aliphatic carbocycles. The highest BCUT2D eigenvalue weighted by Gasteiger charge is 2.28. The number of hydrogen-bond acceptors (Lipinski definition) is 4. The van der Waals surface area contributed by atoms with Gasteiger partial charge >= 0.3 is 0 Å². The average Bonchev–Trinajstić information content (AvgIpc) is 3.37. The molecular formula is C20H19ClN4O3. The molecule has 2 aromatic heterocycles. The first-order valence-electron chi connectivity index (χ1n) is 9.01. The van der Waals surface area contributed by atoms with Crippen molar-refractivity contribution in [3.05, 3.63) is 59.4 Å². The maximum atomic E-state index is 13.0. The number of aromatic nitrogens is 2. The molecule has 7 nitrogen and oxygen atoms in total. The van der Waals surface area contributed by atoms with Gasteiger partial charge < -0.3 is 15.1 Å². The molecule has 1 aromatic carbocycles. The Morgan fingerprint density at radius 3 is 2.57 bits per heavy atom. The fraction of sp³-hybridized carbons (Fsp3) is 0.250. The molecule has 2 N–H and O–H groups in total. The number of benzene rings is 1. The number of primary amides is 1. The van der Waals surface area contributed by atoms with Gasteiger partial charge in [0.1, 0.15) is 5.69 Å². The predicted molar refractivity (Wildman–Crippen MR) is 104 cm³/mol. The molecule has 28 heavy (non-hydrogen) atoms. The van der Waals surface area contributed by atoms with E-state index in [4.69, 9.17) is 21.8 Å². The monoisotopic (exact) mass is 398 g/mol. The van der Waals surface area contributed by atoms with Crippen molar-refractivity contribution in [3.8, 4) is 17.1 Å². The Labute approximate surface area is 166 Å². The van der Waals surface area contributed by atoms with Gasteiger partial charge in [-0.1, -0.05) is 17.7 Å². The van der Waals surface area contributed by atoms with Crippen molar-refractivity contribution in [2.75, 3.05) is 13.1 Å². The molecule has 0 unspecified atom stereocenters. The quantitative estimate of drug-likeness (QED) is 0.730. The van der Waals surface area contributed by atoms with Crippen LogP contribution in [0.4, 0.5) is 0 Å². The second kappa shape index (κ2) is 7.52. The summed E-state index contributed by atoms with van der Waals surface area (Å²) in [5.74, 6) is -0.0698. The number of hydrogen-bond donors (Lipinski definition) is 1. The first kappa shape index (κ1) is 18.3. The standard InChI is InChI=1S/C20H19ClN4O3/c21-14-3-1-4-15(11-14)25-17(18-5-2-10-28-18)12-16(23-25)20(27)24-8-6-13(7-9-24)19(22)26/h1-5,10-13H,6-9H2,(H2,22,26). The summed E-state index contributed by atoms with van der Waals surface area (Å²) in [6.07, 6.45) is 2.71. The van der Waals surface area contributed by atoms with E-state index in [9.17, 15) is 9.59 Å². The Balaban J connectivity index is 1.66. The summed E-state index contributed by atoms with van der Waals surface area (Å²) in [6.45, 7) is 0.957. The van der Waals surface area contributed by atoms with Gasteiger partial charge in [0.25, 0.3) is 5.91 Å². The van der Waals surface area contributed by atoms with Gasteiger partial charge in [-0.25, -0.2) is 4.68 Å². The maximum Gasteiger partial charge on any atom is 0.274 e. The zero-order chi connectivity index (χ0) is 19.7. The smallest absolute Gasteiger partial charge is 0.274 e. The second-order valence-electron chi connectivity index (χ2n) is 6.75. The van der Waals surface area contributed by atoms with Crippen LogP contribution in [0, 0.1) is 5.92 Å². The van der Waals surface area contributed by atoms with Crippen molar-refractivity contribution in [1.29, 1.82) is 0 Å². The van der Waals surface area contributed by atoms with E-state index in [2.05, 4.69) is 5.10 Å². The fourth-order valence-electron chi connectivity index (χ4n) is 3.42. The second-order valence-corrected chi connectivity index (χ2v) is 7.19. The average molecular weight is 399 g/mol. The molecule has 0 radical (unpaired) electrons. The van der Waals surface area contributed by atoms with E-state index >= 15 is 0 Å². The lowest BCUT2D eigenvalue weighted by Gasteiger charge is -2.29. The van der Waals surface area contributed by atoms with E-state index < -0.39 is 0 Å². The number of likely N-dealkylation sites (tertiary alicyclic amines) is 1. The Morgan fingerprint density at radius 1 is 1.14 bits per heavy atom. The molecule has 3 heterocycles. The van der Waals surface area contributed by atoms with Crippen LogP contribution >= 0.6 is 11.6 Å². The molecule has 0 spiro atoms. The molecule has 2 amide bonds. The van der Waals surface area contributed by atoms with Crippen molar-refractivity contribution in [2.24, 2.45) is 11.7 Å². The van der Waals surface area contributed by atoms with Gasteiger partial charge in [-0.2, -0.15) is 5.10 Å². The summed E-state index contributed by atoms with van der Waals surface area (Å²) in [6, 6.07) is 12.5. The Kier molecular flexibility index (Phi) is 4.92. The molecule has 4 rings (SSSR count). The normalized spacial score (nSPS) is 15.0. The number of amides is 2. The molecule has 3 aromatic rings. The Morgan fingerprint density at radius 2 is 1.93 bits per heavy atom. The van der Waals surface area contributed by atoms with Crippen molar-refractivity contribution >= 4 is 23.4 Å². The maximum absolute atomic E-state index is 13.0. The van der Waals surface area contributed by atoms with E-state index in [-0.39, 0.29) is 17.7 Å². The summed E-state index contributed by atoms with van der Waals surface area (Å²) >= 11 is 6.12. The number of halogens is 1. The lowest BCUT2D eigenvalue weighted by molar-refractivity contribution is -0.123. The van der Waals surface area contributed by atoms with Crippen LogP contribution in [0.3, 0.4) is 0 Å². The van der Waals surface area contributed by atoms with Crippen molar-refractivity contribution < 1.29 is 14.0 Å². The molecule has 1 saturated heterocycles. The van der Waals surface area contributed by atoms with E-state index in [0.717, 1.165) is 5.69 Å². The van der Waals surface area contributed by atoms with Gasteiger partial charge in [-0.05, 0) is 43.2 Å². The van der Waals surface area contributed by atoms with Gasteiger partial charge in [0, 0.05) is 30.1 Å². The van der Waals surface area contributed by atoms with Crippen LogP contribution in [0.5, 0.6) is 0 Å². The largest absolute Gasteiger partial charge is 0.463 e. The number of carbonyl (C=O) groups is 2. The van der Waals surface area contributed by atoms with Crippen LogP contribution in [0.2, 0.25) is 5.02 Å². The van der Waals surface area contributed by atoms with Crippen LogP contribution in [0.1, 0.15) is 23.3 Å². The molecule has 8 heteroatoms. The molecule has 1 fully saturated rings. The Bertz CT molecular complexity index is 1000. The van der Waals surface area contributed by atoms with Gasteiger partial charge in [-0.3, -0.25) is 9.59 Å². The highest BCUT2D eigenvalue weighted by atomic mass is 35.5. The van der Waals surface area contributed by atoms with Crippen molar-refractivity contribution in [3.63, 3.8) is 0 Å². The highest BCUT2D eigenvalue weighted by Crippen LogP contribution is 2.27. The van der Waals surface area contributed by atoms with Crippen molar-refractivity contribution in [1.82, 2.24) is 14.7 Å². The predicted octanol–water partition coefficient (Wildman–Crippen LogP) is 3.12. The van der Waals surface area contributed by atoms with Gasteiger partial charge in [0.05, 0.1) is 12.0 Å². The van der Waals surface area contributed by atoms with E-state index in [0.29, 0.717) is 48.1 Å². The summed E-state index contributed by atoms with van der Waals surface area (Å²) in [5, 5.41) is 5.09. The molecule has 144 valence electrons. The first-order chi connectivity index (χ1) is 13.5. The topological polar surface area (TPSA) is 94.4 Å². The third-order valence-electron chi connectivity index (χ3n) is 4.94. The lowest BCUT2D eigenvalue weighted by Crippen LogP contribution is -2.41. The molecular weight excluding hydrogens is 380 g/mol. The Hall–Kier alpha value is -3.06. The summed E-state index contributed by atoms with van der Waals surface area (Å²) < 4.78 is 7.17. The molecule has 1 aliphatic rings. The fourth-order valence-corrected chi connectivity index (χ4v) is 3.60. The number of nitrogens with zero attached hydrogens (tertiary/aromatic N) is 3. The molecule has 0 atom stereocenters. The summed E-state index contributed by atoms with van der Waals surface area (Å²) in [4.78, 5) is 26.0. The van der Waals surface area contributed by atoms with Gasteiger partial charge in [-0.15, -0.1) is 0 Å². The number of carbonyl (C=O) groups excluding carboxylic acids is 2. The van der Waals surface area contributed by atoms with Crippen LogP contribution in [-0.4, -0.2) is 39.6 Å². The number of nitrogens with two attached hydrogens (primary N) is 1. The minimum atomic E-state index is -0.308. The third-order valence-corrected chi connectivity index (χ3v) is 5.17. The number of rotatable bonds is 4. The lowest BCUT2D eigenvalue weighted by atomic mass is 9.96. The minimum absolute atomic E-state index is 0.174. The SMILES string of the molecule is NC(=O)C1CCN(C(=O)c2cc(-c3ccco3)n(-c3cccc(Cl)c3)n2)CC1. The third kappa shape index (κ3) is 3.53. The van der Waals surface area contributed by atoms with Crippen LogP contribution in [0.25, 0.3) is 17.1 Å². The summed E-state index contributed by atoms with van der Waals surface area (Å²) in [5.41, 5.74) is 7.07. The molecule has 0 bridgehead atoms. The number of furan rings is 1. The van der Waals surface area contributed by atoms with E-state index in [1.54, 1.807) is 40.1 Å². The van der Waals surface area contributed by atoms with E-state index in [1.807, 2.05) is 18.2 Å². The van der Waals surface area contributed by atoms with Gasteiger partial charge in [0.2, 0.25) is 5.91 Å².